The number of hydrogen-bond acceptors (Lipinski definition) is 2. The molecule has 0 aromatic heterocycles. The van der Waals surface area contributed by atoms with Crippen molar-refractivity contribution in [2.24, 2.45) is 5.73 Å². The zero-order chi connectivity index (χ0) is 14.7. The minimum absolute atomic E-state index is 0.210. The number of nitrogens with two attached hydrogens (primary N) is 1. The molecule has 0 heterocycles. The predicted octanol–water partition coefficient (Wildman–Crippen LogP) is 3.44. The van der Waals surface area contributed by atoms with E-state index in [1.807, 2.05) is 0 Å². The van der Waals surface area contributed by atoms with Gasteiger partial charge >= 0.3 is 0 Å². The van der Waals surface area contributed by atoms with Gasteiger partial charge in [0.15, 0.2) is 0 Å². The third kappa shape index (κ3) is 3.02. The van der Waals surface area contributed by atoms with Crippen molar-refractivity contribution in [2.75, 3.05) is 5.32 Å². The average Bonchev–Trinajstić information content (AvgIpc) is 2.38. The number of amides is 1. The van der Waals surface area contributed by atoms with Gasteiger partial charge < -0.3 is 11.1 Å². The first kappa shape index (κ1) is 14.6. The summed E-state index contributed by atoms with van der Waals surface area (Å²) < 4.78 is 27.6. The van der Waals surface area contributed by atoms with Crippen molar-refractivity contribution in [3.63, 3.8) is 0 Å². The summed E-state index contributed by atoms with van der Waals surface area (Å²) in [7, 11) is 0. The number of para-hydroxylation sites is 1. The number of anilines is 1. The van der Waals surface area contributed by atoms with Crippen molar-refractivity contribution >= 4 is 27.5 Å². The number of benzene rings is 2. The molecule has 1 amide bonds. The first-order chi connectivity index (χ1) is 9.52. The van der Waals surface area contributed by atoms with E-state index >= 15 is 0 Å². The minimum Gasteiger partial charge on any atom is -0.326 e. The van der Waals surface area contributed by atoms with Gasteiger partial charge in [0, 0.05) is 16.7 Å². The average molecular weight is 341 g/mol. The van der Waals surface area contributed by atoms with Crippen LogP contribution < -0.4 is 11.1 Å². The molecule has 0 saturated heterocycles. The van der Waals surface area contributed by atoms with Crippen LogP contribution in [-0.2, 0) is 6.54 Å². The smallest absolute Gasteiger partial charge is 0.261 e. The van der Waals surface area contributed by atoms with Gasteiger partial charge in [0.25, 0.3) is 5.91 Å². The number of nitrogens with one attached hydrogen (secondary N) is 1. The fourth-order valence-corrected chi connectivity index (χ4v) is 2.17. The Morgan fingerprint density at radius 3 is 2.40 bits per heavy atom. The van der Waals surface area contributed by atoms with E-state index in [1.165, 1.54) is 0 Å². The fraction of sp³-hybridized carbons (Fsp3) is 0.0714. The van der Waals surface area contributed by atoms with Crippen LogP contribution in [0.5, 0.6) is 0 Å². The Labute approximate surface area is 122 Å². The van der Waals surface area contributed by atoms with Crippen LogP contribution in [0.15, 0.2) is 40.9 Å². The van der Waals surface area contributed by atoms with E-state index in [-0.39, 0.29) is 11.0 Å². The molecule has 0 unspecified atom stereocenters. The third-order valence-corrected chi connectivity index (χ3v) is 3.18. The highest BCUT2D eigenvalue weighted by atomic mass is 79.9. The van der Waals surface area contributed by atoms with Gasteiger partial charge in [0.05, 0.1) is 0 Å². The van der Waals surface area contributed by atoms with Crippen LogP contribution in [0.25, 0.3) is 0 Å². The summed E-state index contributed by atoms with van der Waals surface area (Å²) in [6.45, 7) is 0.210. The van der Waals surface area contributed by atoms with Crippen molar-refractivity contribution in [1.82, 2.24) is 0 Å². The topological polar surface area (TPSA) is 55.1 Å². The lowest BCUT2D eigenvalue weighted by atomic mass is 10.1. The lowest BCUT2D eigenvalue weighted by molar-refractivity contribution is 0.101. The lowest BCUT2D eigenvalue weighted by Crippen LogP contribution is -2.17. The van der Waals surface area contributed by atoms with Crippen LogP contribution >= 0.6 is 15.9 Å². The first-order valence-electron chi connectivity index (χ1n) is 5.76. The minimum atomic E-state index is -0.931. The molecule has 20 heavy (non-hydrogen) atoms. The largest absolute Gasteiger partial charge is 0.326 e. The van der Waals surface area contributed by atoms with Gasteiger partial charge in [0.2, 0.25) is 0 Å². The lowest BCUT2D eigenvalue weighted by Gasteiger charge is -2.10. The molecule has 2 aromatic carbocycles. The quantitative estimate of drug-likeness (QED) is 0.899. The van der Waals surface area contributed by atoms with E-state index in [1.54, 1.807) is 24.3 Å². The molecule has 0 atom stereocenters. The number of halogens is 3. The van der Waals surface area contributed by atoms with Crippen LogP contribution in [-0.4, -0.2) is 5.91 Å². The molecule has 3 nitrogen and oxygen atoms in total. The third-order valence-electron chi connectivity index (χ3n) is 2.72. The van der Waals surface area contributed by atoms with E-state index in [9.17, 15) is 13.6 Å². The zero-order valence-electron chi connectivity index (χ0n) is 10.3. The molecule has 104 valence electrons. The van der Waals surface area contributed by atoms with Crippen molar-refractivity contribution in [1.29, 1.82) is 0 Å². The maximum atomic E-state index is 13.7. The molecule has 6 heteroatoms. The number of carbonyl (C=O) groups is 1. The maximum absolute atomic E-state index is 13.7. The van der Waals surface area contributed by atoms with Crippen LogP contribution in [0.1, 0.15) is 15.9 Å². The molecule has 0 fully saturated rings. The molecule has 0 bridgehead atoms. The first-order valence-corrected chi connectivity index (χ1v) is 6.56. The molecule has 0 radical (unpaired) electrons. The van der Waals surface area contributed by atoms with Crippen molar-refractivity contribution in [2.45, 2.75) is 6.54 Å². The number of carbonyl (C=O) groups excluding carboxylic acids is 1. The summed E-state index contributed by atoms with van der Waals surface area (Å²) in [6, 6.07) is 8.88. The molecule has 2 aromatic rings. The molecule has 2 rings (SSSR count). The van der Waals surface area contributed by atoms with Crippen LogP contribution in [0.4, 0.5) is 14.5 Å². The van der Waals surface area contributed by atoms with Crippen molar-refractivity contribution in [3.8, 4) is 0 Å². The van der Waals surface area contributed by atoms with Gasteiger partial charge in [-0.1, -0.05) is 34.1 Å². The monoisotopic (exact) mass is 340 g/mol. The van der Waals surface area contributed by atoms with E-state index in [2.05, 4.69) is 21.2 Å². The van der Waals surface area contributed by atoms with E-state index in [0.717, 1.165) is 12.1 Å². The molecule has 0 aliphatic rings. The van der Waals surface area contributed by atoms with Gasteiger partial charge in [0.1, 0.15) is 17.2 Å². The van der Waals surface area contributed by atoms with E-state index < -0.39 is 23.1 Å². The van der Waals surface area contributed by atoms with Crippen LogP contribution in [0.3, 0.4) is 0 Å². The Balaban J connectivity index is 2.34. The Morgan fingerprint density at radius 1 is 1.20 bits per heavy atom. The van der Waals surface area contributed by atoms with E-state index in [0.29, 0.717) is 11.3 Å². The van der Waals surface area contributed by atoms with Crippen molar-refractivity contribution < 1.29 is 13.6 Å². The van der Waals surface area contributed by atoms with Gasteiger partial charge in [-0.2, -0.15) is 0 Å². The van der Waals surface area contributed by atoms with Crippen LogP contribution in [0.2, 0.25) is 0 Å². The normalized spacial score (nSPS) is 10.4. The molecule has 3 N–H and O–H groups in total. The van der Waals surface area contributed by atoms with Crippen molar-refractivity contribution in [3.05, 3.63) is 63.6 Å². The van der Waals surface area contributed by atoms with Gasteiger partial charge in [-0.15, -0.1) is 0 Å². The van der Waals surface area contributed by atoms with E-state index in [4.69, 9.17) is 5.73 Å². The summed E-state index contributed by atoms with van der Waals surface area (Å²) in [4.78, 5) is 12.0. The summed E-state index contributed by atoms with van der Waals surface area (Å²) in [5.41, 5.74) is 6.03. The number of hydrogen-bond donors (Lipinski definition) is 2. The Hall–Kier alpha value is -1.79. The Bertz CT molecular complexity index is 638. The van der Waals surface area contributed by atoms with Gasteiger partial charge in [-0.3, -0.25) is 4.79 Å². The molecular formula is C14H11BrF2N2O. The maximum Gasteiger partial charge on any atom is 0.261 e. The number of rotatable bonds is 3. The van der Waals surface area contributed by atoms with Crippen LogP contribution in [0, 0.1) is 11.6 Å². The highest BCUT2D eigenvalue weighted by molar-refractivity contribution is 9.10. The second kappa shape index (κ2) is 6.11. The fourth-order valence-electron chi connectivity index (χ4n) is 1.76. The summed E-state index contributed by atoms with van der Waals surface area (Å²) in [6.07, 6.45) is 0. The highest BCUT2D eigenvalue weighted by Gasteiger charge is 2.19. The summed E-state index contributed by atoms with van der Waals surface area (Å²) >= 11 is 2.96. The molecule has 0 aliphatic heterocycles. The molecule has 0 saturated carbocycles. The second-order valence-corrected chi connectivity index (χ2v) is 4.98. The molecular weight excluding hydrogens is 330 g/mol. The van der Waals surface area contributed by atoms with Gasteiger partial charge in [-0.25, -0.2) is 8.78 Å². The second-order valence-electron chi connectivity index (χ2n) is 4.06. The highest BCUT2D eigenvalue weighted by Crippen LogP contribution is 2.21. The Morgan fingerprint density at radius 2 is 1.80 bits per heavy atom. The van der Waals surface area contributed by atoms with Gasteiger partial charge in [-0.05, 0) is 23.8 Å². The standard InChI is InChI=1S/C14H11BrF2N2O/c15-9-5-10(16)13(11(17)6-9)14(20)19-12-4-2-1-3-8(12)7-18/h1-6H,7,18H2,(H,19,20). The summed E-state index contributed by atoms with van der Waals surface area (Å²) in [5.74, 6) is -2.72. The molecule has 0 aliphatic carbocycles. The zero-order valence-corrected chi connectivity index (χ0v) is 11.9. The SMILES string of the molecule is NCc1ccccc1NC(=O)c1c(F)cc(Br)cc1F. The molecule has 0 spiro atoms. The Kier molecular flexibility index (Phi) is 4.46. The summed E-state index contributed by atoms with van der Waals surface area (Å²) in [5, 5.41) is 2.46. The predicted molar refractivity (Wildman–Crippen MR) is 76.3 cm³/mol.